The van der Waals surface area contributed by atoms with Gasteiger partial charge in [-0.15, -0.1) is 0 Å². The van der Waals surface area contributed by atoms with Crippen molar-refractivity contribution in [2.75, 3.05) is 0 Å². The van der Waals surface area contributed by atoms with Crippen molar-refractivity contribution in [1.29, 1.82) is 0 Å². The molecular weight excluding hydrogens is 205 g/mol. The van der Waals surface area contributed by atoms with Gasteiger partial charge in [-0.25, -0.2) is 4.39 Å². The van der Waals surface area contributed by atoms with Crippen LogP contribution in [0.4, 0.5) is 4.39 Å². The first-order chi connectivity index (χ1) is 7.49. The van der Waals surface area contributed by atoms with Crippen molar-refractivity contribution in [2.45, 2.75) is 32.7 Å². The van der Waals surface area contributed by atoms with Gasteiger partial charge in [0.15, 0.2) is 0 Å². The zero-order valence-electron chi connectivity index (χ0n) is 9.74. The lowest BCUT2D eigenvalue weighted by Crippen LogP contribution is -2.29. The second-order valence-corrected chi connectivity index (χ2v) is 4.45. The highest BCUT2D eigenvalue weighted by Gasteiger charge is 2.13. The van der Waals surface area contributed by atoms with Crippen LogP contribution in [0, 0.1) is 11.7 Å². The topological polar surface area (TPSA) is 43.1 Å². The standard InChI is InChI=1S/C13H18FNO/c1-9(2)13(15)8-12(16)7-10-3-5-11(14)6-4-10/h3-6,9,13H,7-8,15H2,1-2H3. The highest BCUT2D eigenvalue weighted by molar-refractivity contribution is 5.81. The predicted molar refractivity (Wildman–Crippen MR) is 62.5 cm³/mol. The molecule has 0 heterocycles. The Bertz CT molecular complexity index is 345. The summed E-state index contributed by atoms with van der Waals surface area (Å²) in [5.74, 6) is 0.125. The second-order valence-electron chi connectivity index (χ2n) is 4.45. The van der Waals surface area contributed by atoms with E-state index < -0.39 is 0 Å². The molecule has 0 amide bonds. The lowest BCUT2D eigenvalue weighted by atomic mass is 9.97. The molecule has 1 unspecified atom stereocenters. The SMILES string of the molecule is CC(C)C(N)CC(=O)Cc1ccc(F)cc1. The molecule has 3 heteroatoms. The maximum atomic E-state index is 12.6. The Hall–Kier alpha value is -1.22. The molecule has 1 aromatic rings. The Morgan fingerprint density at radius 3 is 2.38 bits per heavy atom. The van der Waals surface area contributed by atoms with Crippen LogP contribution >= 0.6 is 0 Å². The number of ketones is 1. The van der Waals surface area contributed by atoms with Crippen molar-refractivity contribution in [3.8, 4) is 0 Å². The molecule has 0 spiro atoms. The van der Waals surface area contributed by atoms with Gasteiger partial charge in [0.1, 0.15) is 11.6 Å². The number of halogens is 1. The molecule has 88 valence electrons. The van der Waals surface area contributed by atoms with E-state index in [1.807, 2.05) is 13.8 Å². The Balaban J connectivity index is 2.48. The Morgan fingerprint density at radius 1 is 1.31 bits per heavy atom. The van der Waals surface area contributed by atoms with Crippen LogP contribution < -0.4 is 5.73 Å². The Morgan fingerprint density at radius 2 is 1.88 bits per heavy atom. The maximum absolute atomic E-state index is 12.6. The summed E-state index contributed by atoms with van der Waals surface area (Å²) in [6, 6.07) is 5.91. The number of carbonyl (C=O) groups is 1. The molecular formula is C13H18FNO. The molecule has 0 saturated carbocycles. The average Bonchev–Trinajstić information content (AvgIpc) is 2.21. The Kier molecular flexibility index (Phi) is 4.62. The predicted octanol–water partition coefficient (Wildman–Crippen LogP) is 2.31. The summed E-state index contributed by atoms with van der Waals surface area (Å²) in [5, 5.41) is 0. The Labute approximate surface area is 95.7 Å². The summed E-state index contributed by atoms with van der Waals surface area (Å²) < 4.78 is 12.6. The van der Waals surface area contributed by atoms with Crippen molar-refractivity contribution >= 4 is 5.78 Å². The quantitative estimate of drug-likeness (QED) is 0.832. The maximum Gasteiger partial charge on any atom is 0.138 e. The van der Waals surface area contributed by atoms with Crippen LogP contribution in [0.1, 0.15) is 25.8 Å². The lowest BCUT2D eigenvalue weighted by Gasteiger charge is -2.14. The fourth-order valence-corrected chi connectivity index (χ4v) is 1.40. The number of nitrogens with two attached hydrogens (primary N) is 1. The first-order valence-corrected chi connectivity index (χ1v) is 5.50. The molecule has 0 fully saturated rings. The molecule has 2 N–H and O–H groups in total. The van der Waals surface area contributed by atoms with Gasteiger partial charge in [-0.1, -0.05) is 26.0 Å². The van der Waals surface area contributed by atoms with E-state index in [2.05, 4.69) is 0 Å². The highest BCUT2D eigenvalue weighted by Crippen LogP contribution is 2.08. The number of rotatable bonds is 5. The van der Waals surface area contributed by atoms with E-state index in [1.165, 1.54) is 12.1 Å². The molecule has 1 rings (SSSR count). The fourth-order valence-electron chi connectivity index (χ4n) is 1.40. The number of Topliss-reactive ketones (excluding diaryl/α,β-unsaturated/α-hetero) is 1. The molecule has 16 heavy (non-hydrogen) atoms. The summed E-state index contributed by atoms with van der Waals surface area (Å²) >= 11 is 0. The van der Waals surface area contributed by atoms with Crippen molar-refractivity contribution in [3.05, 3.63) is 35.6 Å². The molecule has 0 aromatic heterocycles. The van der Waals surface area contributed by atoms with Crippen LogP contribution in [0.3, 0.4) is 0 Å². The van der Waals surface area contributed by atoms with E-state index >= 15 is 0 Å². The number of benzene rings is 1. The van der Waals surface area contributed by atoms with E-state index in [-0.39, 0.29) is 17.6 Å². The number of carbonyl (C=O) groups excluding carboxylic acids is 1. The van der Waals surface area contributed by atoms with Gasteiger partial charge in [0.2, 0.25) is 0 Å². The number of hydrogen-bond acceptors (Lipinski definition) is 2. The van der Waals surface area contributed by atoms with Crippen LogP contribution in [-0.4, -0.2) is 11.8 Å². The third kappa shape index (κ3) is 4.11. The molecule has 0 aliphatic rings. The van der Waals surface area contributed by atoms with Gasteiger partial charge < -0.3 is 5.73 Å². The minimum absolute atomic E-state index is 0.0899. The van der Waals surface area contributed by atoms with Gasteiger partial charge in [0.25, 0.3) is 0 Å². The van der Waals surface area contributed by atoms with Crippen LogP contribution in [0.25, 0.3) is 0 Å². The van der Waals surface area contributed by atoms with Crippen molar-refractivity contribution < 1.29 is 9.18 Å². The van der Waals surface area contributed by atoms with Crippen LogP contribution in [0.2, 0.25) is 0 Å². The smallest absolute Gasteiger partial charge is 0.138 e. The van der Waals surface area contributed by atoms with Crippen molar-refractivity contribution in [2.24, 2.45) is 11.7 Å². The summed E-state index contributed by atoms with van der Waals surface area (Å²) in [6.45, 7) is 3.99. The van der Waals surface area contributed by atoms with E-state index in [9.17, 15) is 9.18 Å². The van der Waals surface area contributed by atoms with Gasteiger partial charge in [0, 0.05) is 18.9 Å². The normalized spacial score (nSPS) is 12.8. The summed E-state index contributed by atoms with van der Waals surface area (Å²) in [5.41, 5.74) is 6.65. The number of hydrogen-bond donors (Lipinski definition) is 1. The van der Waals surface area contributed by atoms with Crippen LogP contribution in [0.15, 0.2) is 24.3 Å². The highest BCUT2D eigenvalue weighted by atomic mass is 19.1. The molecule has 0 aliphatic heterocycles. The largest absolute Gasteiger partial charge is 0.327 e. The fraction of sp³-hybridized carbons (Fsp3) is 0.462. The first-order valence-electron chi connectivity index (χ1n) is 5.50. The van der Waals surface area contributed by atoms with Crippen molar-refractivity contribution in [1.82, 2.24) is 0 Å². The molecule has 1 atom stereocenters. The van der Waals surface area contributed by atoms with Gasteiger partial charge >= 0.3 is 0 Å². The van der Waals surface area contributed by atoms with Gasteiger partial charge in [0.05, 0.1) is 0 Å². The van der Waals surface area contributed by atoms with Gasteiger partial charge in [-0.2, -0.15) is 0 Å². The van der Waals surface area contributed by atoms with Gasteiger partial charge in [-0.05, 0) is 23.6 Å². The monoisotopic (exact) mass is 223 g/mol. The molecule has 1 aromatic carbocycles. The molecule has 0 bridgehead atoms. The van der Waals surface area contributed by atoms with E-state index in [0.717, 1.165) is 5.56 Å². The third-order valence-electron chi connectivity index (χ3n) is 2.63. The summed E-state index contributed by atoms with van der Waals surface area (Å²) in [4.78, 5) is 11.6. The minimum Gasteiger partial charge on any atom is -0.327 e. The molecule has 0 saturated heterocycles. The van der Waals surface area contributed by atoms with Crippen LogP contribution in [-0.2, 0) is 11.2 Å². The zero-order chi connectivity index (χ0) is 12.1. The van der Waals surface area contributed by atoms with Crippen molar-refractivity contribution in [3.63, 3.8) is 0 Å². The third-order valence-corrected chi connectivity index (χ3v) is 2.63. The summed E-state index contributed by atoms with van der Waals surface area (Å²) in [6.07, 6.45) is 0.718. The lowest BCUT2D eigenvalue weighted by molar-refractivity contribution is -0.118. The van der Waals surface area contributed by atoms with Gasteiger partial charge in [-0.3, -0.25) is 4.79 Å². The van der Waals surface area contributed by atoms with E-state index in [1.54, 1.807) is 12.1 Å². The second kappa shape index (κ2) is 5.75. The molecule has 0 radical (unpaired) electrons. The average molecular weight is 223 g/mol. The molecule has 2 nitrogen and oxygen atoms in total. The van der Waals surface area contributed by atoms with E-state index in [4.69, 9.17) is 5.73 Å². The minimum atomic E-state index is -0.282. The van der Waals surface area contributed by atoms with E-state index in [0.29, 0.717) is 18.8 Å². The first kappa shape index (κ1) is 12.8. The zero-order valence-corrected chi connectivity index (χ0v) is 9.74. The van der Waals surface area contributed by atoms with Crippen LogP contribution in [0.5, 0.6) is 0 Å². The summed E-state index contributed by atoms with van der Waals surface area (Å²) in [7, 11) is 0. The molecule has 0 aliphatic carbocycles.